The van der Waals surface area contributed by atoms with Gasteiger partial charge in [0.05, 0.1) is 25.3 Å². The minimum Gasteiger partial charge on any atom is -0.465 e. The Morgan fingerprint density at radius 2 is 1.06 bits per heavy atom. The van der Waals surface area contributed by atoms with E-state index in [1.54, 1.807) is 30.3 Å². The van der Waals surface area contributed by atoms with Crippen molar-refractivity contribution in [3.63, 3.8) is 0 Å². The van der Waals surface area contributed by atoms with Gasteiger partial charge in [-0.3, -0.25) is 0 Å². The van der Waals surface area contributed by atoms with Crippen LogP contribution < -0.4 is 5.73 Å². The van der Waals surface area contributed by atoms with Crippen LogP contribution in [-0.2, 0) is 9.47 Å². The Kier molecular flexibility index (Phi) is 9.60. The molecule has 0 amide bonds. The number of hydrogen-bond acceptors (Lipinski definition) is 13. The van der Waals surface area contributed by atoms with Crippen molar-refractivity contribution in [3.05, 3.63) is 111 Å². The van der Waals surface area contributed by atoms with Crippen molar-refractivity contribution in [2.24, 2.45) is 0 Å². The topological polar surface area (TPSA) is 183 Å². The molecule has 0 aliphatic heterocycles. The monoisotopic (exact) mass is 789 g/mol. The third-order valence-corrected chi connectivity index (χ3v) is 9.47. The fourth-order valence-corrected chi connectivity index (χ4v) is 6.37. The number of carbonyl (C=O) groups excluding carboxylic acids is 2. The summed E-state index contributed by atoms with van der Waals surface area (Å²) in [5.41, 5.74) is 14.3. The van der Waals surface area contributed by atoms with Crippen molar-refractivity contribution in [3.8, 4) is 46.1 Å². The summed E-state index contributed by atoms with van der Waals surface area (Å²) >= 11 is 3.44. The lowest BCUT2D eigenvalue weighted by Gasteiger charge is -2.03. The predicted molar refractivity (Wildman–Crippen MR) is 204 cm³/mol. The molecule has 4 aromatic heterocycles. The first-order valence-corrected chi connectivity index (χ1v) is 17.3. The van der Waals surface area contributed by atoms with Gasteiger partial charge >= 0.3 is 11.9 Å². The van der Waals surface area contributed by atoms with Gasteiger partial charge in [-0.2, -0.15) is 9.97 Å². The number of methoxy groups -OCH3 is 2. The summed E-state index contributed by atoms with van der Waals surface area (Å²) in [6, 6.07) is 21.7. The molecule has 0 unspecified atom stereocenters. The number of halogens is 1. The number of rotatable bonds is 6. The number of nitrogens with zero attached hydrogens (tertiary/aromatic N) is 4. The molecule has 14 heteroatoms. The molecule has 4 heterocycles. The Balaban J connectivity index is 0.000000167. The number of aromatic nitrogens is 4. The van der Waals surface area contributed by atoms with Crippen LogP contribution >= 0.6 is 15.9 Å². The normalized spacial score (nSPS) is 11.1. The fourth-order valence-electron chi connectivity index (χ4n) is 5.81. The van der Waals surface area contributed by atoms with Crippen LogP contribution in [0.5, 0.6) is 0 Å². The highest BCUT2D eigenvalue weighted by Gasteiger charge is 2.21. The van der Waals surface area contributed by atoms with Crippen LogP contribution in [0.2, 0.25) is 0 Å². The van der Waals surface area contributed by atoms with Gasteiger partial charge in [-0.1, -0.05) is 50.5 Å². The van der Waals surface area contributed by atoms with Crippen molar-refractivity contribution in [1.82, 2.24) is 20.3 Å². The number of hydrogen-bond donors (Lipinski definition) is 1. The zero-order valence-electron chi connectivity index (χ0n) is 29.9. The molecule has 0 fully saturated rings. The van der Waals surface area contributed by atoms with E-state index in [4.69, 9.17) is 33.1 Å². The van der Waals surface area contributed by atoms with Crippen LogP contribution in [0.1, 0.15) is 43.0 Å². The van der Waals surface area contributed by atoms with E-state index in [1.807, 2.05) is 58.0 Å². The first-order chi connectivity index (χ1) is 25.9. The molecule has 54 heavy (non-hydrogen) atoms. The van der Waals surface area contributed by atoms with Crippen LogP contribution in [0.15, 0.2) is 95.1 Å². The van der Waals surface area contributed by atoms with E-state index in [0.717, 1.165) is 44.2 Å². The van der Waals surface area contributed by atoms with Gasteiger partial charge < -0.3 is 33.1 Å². The molecular formula is C40H32BrN5O8. The molecule has 0 bridgehead atoms. The van der Waals surface area contributed by atoms with E-state index in [1.165, 1.54) is 20.3 Å². The lowest BCUT2D eigenvalue weighted by atomic mass is 10.1. The number of aryl methyl sites for hydroxylation is 4. The fraction of sp³-hybridized carbons (Fsp3) is 0.150. The second kappa shape index (κ2) is 14.5. The maximum absolute atomic E-state index is 11.6. The second-order valence-corrected chi connectivity index (χ2v) is 13.3. The van der Waals surface area contributed by atoms with Gasteiger partial charge in [-0.25, -0.2) is 9.59 Å². The number of nitrogen functional groups attached to an aromatic ring is 1. The highest BCUT2D eigenvalue weighted by molar-refractivity contribution is 9.10. The molecule has 0 radical (unpaired) electrons. The maximum atomic E-state index is 11.6. The van der Waals surface area contributed by atoms with Crippen LogP contribution in [0.4, 0.5) is 5.69 Å². The molecule has 0 aliphatic carbocycles. The first kappa shape index (κ1) is 35.8. The van der Waals surface area contributed by atoms with Crippen molar-refractivity contribution < 1.29 is 36.9 Å². The Morgan fingerprint density at radius 3 is 1.50 bits per heavy atom. The molecule has 0 saturated heterocycles. The number of anilines is 1. The Morgan fingerprint density at radius 1 is 0.611 bits per heavy atom. The average molecular weight is 791 g/mol. The van der Waals surface area contributed by atoms with E-state index < -0.39 is 11.9 Å². The quantitative estimate of drug-likeness (QED) is 0.124. The van der Waals surface area contributed by atoms with Crippen molar-refractivity contribution >= 4 is 55.5 Å². The van der Waals surface area contributed by atoms with Crippen molar-refractivity contribution in [2.75, 3.05) is 20.0 Å². The number of benzene rings is 4. The maximum Gasteiger partial charge on any atom is 0.337 e. The van der Waals surface area contributed by atoms with Crippen molar-refractivity contribution in [1.29, 1.82) is 0 Å². The summed E-state index contributed by atoms with van der Waals surface area (Å²) in [7, 11) is 2.65. The summed E-state index contributed by atoms with van der Waals surface area (Å²) in [4.78, 5) is 32.1. The number of esters is 2. The number of nitrogens with two attached hydrogens (primary N) is 1. The van der Waals surface area contributed by atoms with Crippen LogP contribution in [0.3, 0.4) is 0 Å². The summed E-state index contributed by atoms with van der Waals surface area (Å²) in [5.74, 6) is 1.39. The lowest BCUT2D eigenvalue weighted by molar-refractivity contribution is 0.0592. The number of furan rings is 2. The lowest BCUT2D eigenvalue weighted by Crippen LogP contribution is -2.02. The molecule has 272 valence electrons. The minimum absolute atomic E-state index is 0.261. The van der Waals surface area contributed by atoms with Gasteiger partial charge in [0.1, 0.15) is 11.2 Å². The minimum atomic E-state index is -0.463. The molecule has 8 aromatic rings. The number of ether oxygens (including phenoxy) is 2. The molecule has 13 nitrogen and oxygen atoms in total. The van der Waals surface area contributed by atoms with Gasteiger partial charge in [-0.15, -0.1) is 0 Å². The van der Waals surface area contributed by atoms with E-state index in [0.29, 0.717) is 61.5 Å². The van der Waals surface area contributed by atoms with E-state index >= 15 is 0 Å². The Labute approximate surface area is 316 Å². The third kappa shape index (κ3) is 6.74. The highest BCUT2D eigenvalue weighted by Crippen LogP contribution is 2.35. The Hall–Kier alpha value is -6.54. The van der Waals surface area contributed by atoms with Gasteiger partial charge in [0.25, 0.3) is 11.8 Å². The zero-order chi connectivity index (χ0) is 38.3. The SMILES string of the molecule is COC(=O)c1ccc(-c2noc(-c3cc4c(C)ccc(C)c4o3)n2)c(Br)c1.COC(=O)c1ccc(-c2noc(-c3cc4c(C)ccc(C)c4o3)n2)c(N)c1. The summed E-state index contributed by atoms with van der Waals surface area (Å²) in [6.07, 6.45) is 0. The molecule has 4 aromatic carbocycles. The summed E-state index contributed by atoms with van der Waals surface area (Å²) < 4.78 is 32.7. The van der Waals surface area contributed by atoms with Crippen LogP contribution in [0, 0.1) is 27.7 Å². The largest absolute Gasteiger partial charge is 0.465 e. The predicted octanol–water partition coefficient (Wildman–Crippen LogP) is 9.45. The van der Waals surface area contributed by atoms with Gasteiger partial charge in [0.2, 0.25) is 11.6 Å². The second-order valence-electron chi connectivity index (χ2n) is 12.4. The Bertz CT molecular complexity index is 2460. The van der Waals surface area contributed by atoms with Crippen LogP contribution in [-0.4, -0.2) is 46.4 Å². The summed E-state index contributed by atoms with van der Waals surface area (Å²) in [5, 5.41) is 10.1. The van der Waals surface area contributed by atoms with Gasteiger partial charge in [0, 0.05) is 32.1 Å². The smallest absolute Gasteiger partial charge is 0.337 e. The van der Waals surface area contributed by atoms with E-state index in [2.05, 4.69) is 42.3 Å². The standard InChI is InChI=1S/C20H15BrN2O4.C20H17N3O4/c2*1-10-4-5-11(2)17-14(10)9-16(26-17)19-22-18(23-27-19)13-7-6-12(8-15(13)21)20(24)25-3/h4-9H,1-3H3;4-9H,21H2,1-3H3. The van der Waals surface area contributed by atoms with Gasteiger partial charge in [0.15, 0.2) is 11.5 Å². The van der Waals surface area contributed by atoms with E-state index in [-0.39, 0.29) is 5.89 Å². The molecule has 0 spiro atoms. The van der Waals surface area contributed by atoms with Crippen LogP contribution in [0.25, 0.3) is 68.0 Å². The number of carbonyl (C=O) groups is 2. The molecule has 8 rings (SSSR count). The van der Waals surface area contributed by atoms with Gasteiger partial charge in [-0.05, 0) is 98.5 Å². The molecule has 0 saturated carbocycles. The van der Waals surface area contributed by atoms with E-state index in [9.17, 15) is 9.59 Å². The highest BCUT2D eigenvalue weighted by atomic mass is 79.9. The average Bonchev–Trinajstić information content (AvgIpc) is 4.00. The molecule has 0 aliphatic rings. The summed E-state index contributed by atoms with van der Waals surface area (Å²) in [6.45, 7) is 8.02. The first-order valence-electron chi connectivity index (χ1n) is 16.5. The molecular weight excluding hydrogens is 758 g/mol. The molecule has 0 atom stereocenters. The third-order valence-electron chi connectivity index (χ3n) is 8.82. The van der Waals surface area contributed by atoms with Crippen molar-refractivity contribution in [2.45, 2.75) is 27.7 Å². The molecule has 2 N–H and O–H groups in total. The zero-order valence-corrected chi connectivity index (χ0v) is 31.5. The number of fused-ring (bicyclic) bond motifs is 2.